The van der Waals surface area contributed by atoms with Crippen LogP contribution >= 0.6 is 46.1 Å². The highest BCUT2D eigenvalue weighted by Crippen LogP contribution is 2.32. The average Bonchev–Trinajstić information content (AvgIpc) is 3.04. The quantitative estimate of drug-likeness (QED) is 0.505. The van der Waals surface area contributed by atoms with Gasteiger partial charge in [0.2, 0.25) is 5.91 Å². The van der Waals surface area contributed by atoms with Crippen molar-refractivity contribution < 1.29 is 4.79 Å². The minimum absolute atomic E-state index is 0.294. The zero-order valence-corrected chi connectivity index (χ0v) is 15.8. The molecule has 0 fully saturated rings. The molecule has 0 aliphatic rings. The van der Waals surface area contributed by atoms with E-state index in [1.54, 1.807) is 30.3 Å². The van der Waals surface area contributed by atoms with E-state index in [1.807, 2.05) is 23.6 Å². The summed E-state index contributed by atoms with van der Waals surface area (Å²) >= 11 is 19.5. The molecule has 0 radical (unpaired) electrons. The topological polar surface area (TPSA) is 42.0 Å². The first kappa shape index (κ1) is 18.0. The minimum atomic E-state index is -0.294. The molecule has 0 unspecified atom stereocenters. The molecule has 1 amide bonds. The monoisotopic (exact) mass is 408 g/mol. The standard InChI is InChI=1S/C18H11Cl3N2OS/c19-12-6-7-15(21)13(9-12)16-10-25-18(22-16)23-17(24)8-5-11-3-1-2-4-14(11)20/h1-10H,(H,22,23,24)/b8-5+. The number of hydrogen-bond acceptors (Lipinski definition) is 3. The summed E-state index contributed by atoms with van der Waals surface area (Å²) in [6, 6.07) is 12.4. The number of nitrogens with one attached hydrogen (secondary N) is 1. The van der Waals surface area contributed by atoms with Gasteiger partial charge in [-0.2, -0.15) is 0 Å². The maximum atomic E-state index is 12.0. The number of hydrogen-bond donors (Lipinski definition) is 1. The number of rotatable bonds is 4. The normalized spacial score (nSPS) is 11.0. The van der Waals surface area contributed by atoms with Gasteiger partial charge < -0.3 is 0 Å². The van der Waals surface area contributed by atoms with Gasteiger partial charge >= 0.3 is 0 Å². The molecular weight excluding hydrogens is 399 g/mol. The lowest BCUT2D eigenvalue weighted by atomic mass is 10.2. The molecule has 0 aliphatic carbocycles. The SMILES string of the molecule is O=C(/C=C/c1ccccc1Cl)Nc1nc(-c2cc(Cl)ccc2Cl)cs1. The Morgan fingerprint density at radius 3 is 2.68 bits per heavy atom. The molecule has 0 saturated carbocycles. The van der Waals surface area contributed by atoms with Crippen molar-refractivity contribution in [3.8, 4) is 11.3 Å². The second-order valence-electron chi connectivity index (χ2n) is 5.01. The fourth-order valence-corrected chi connectivity index (χ4v) is 3.37. The molecule has 126 valence electrons. The van der Waals surface area contributed by atoms with E-state index in [2.05, 4.69) is 10.3 Å². The number of amides is 1. The third kappa shape index (κ3) is 4.61. The van der Waals surface area contributed by atoms with Gasteiger partial charge in [-0.3, -0.25) is 10.1 Å². The largest absolute Gasteiger partial charge is 0.298 e. The summed E-state index contributed by atoms with van der Waals surface area (Å²) in [6.45, 7) is 0. The first-order chi connectivity index (χ1) is 12.0. The van der Waals surface area contributed by atoms with E-state index in [0.29, 0.717) is 25.9 Å². The summed E-state index contributed by atoms with van der Waals surface area (Å²) < 4.78 is 0. The molecule has 0 atom stereocenters. The van der Waals surface area contributed by atoms with E-state index >= 15 is 0 Å². The van der Waals surface area contributed by atoms with Crippen LogP contribution < -0.4 is 5.32 Å². The van der Waals surface area contributed by atoms with Gasteiger partial charge in [-0.15, -0.1) is 11.3 Å². The Kier molecular flexibility index (Phi) is 5.76. The molecule has 7 heteroatoms. The molecule has 1 heterocycles. The van der Waals surface area contributed by atoms with E-state index in [9.17, 15) is 4.79 Å². The predicted octanol–water partition coefficient (Wildman–Crippen LogP) is 6.42. The Hall–Kier alpha value is -1.85. The minimum Gasteiger partial charge on any atom is -0.298 e. The summed E-state index contributed by atoms with van der Waals surface area (Å²) in [5.74, 6) is -0.294. The van der Waals surface area contributed by atoms with E-state index in [4.69, 9.17) is 34.8 Å². The Morgan fingerprint density at radius 1 is 1.08 bits per heavy atom. The lowest BCUT2D eigenvalue weighted by Gasteiger charge is -2.01. The zero-order valence-electron chi connectivity index (χ0n) is 12.7. The molecule has 3 rings (SSSR count). The van der Waals surface area contributed by atoms with Crippen molar-refractivity contribution >= 4 is 63.3 Å². The maximum Gasteiger partial charge on any atom is 0.250 e. The molecule has 0 saturated heterocycles. The lowest BCUT2D eigenvalue weighted by molar-refractivity contribution is -0.111. The first-order valence-electron chi connectivity index (χ1n) is 7.17. The Bertz CT molecular complexity index is 953. The molecule has 25 heavy (non-hydrogen) atoms. The number of thiazole rings is 1. The van der Waals surface area contributed by atoms with E-state index < -0.39 is 0 Å². The summed E-state index contributed by atoms with van der Waals surface area (Å²) in [7, 11) is 0. The highest BCUT2D eigenvalue weighted by Gasteiger charge is 2.10. The summed E-state index contributed by atoms with van der Waals surface area (Å²) in [5, 5.41) is 6.70. The van der Waals surface area contributed by atoms with Crippen molar-refractivity contribution in [1.82, 2.24) is 4.98 Å². The van der Waals surface area contributed by atoms with Crippen LogP contribution in [0.2, 0.25) is 15.1 Å². The molecule has 3 nitrogen and oxygen atoms in total. The van der Waals surface area contributed by atoms with Gasteiger partial charge in [0.05, 0.1) is 10.7 Å². The molecule has 1 N–H and O–H groups in total. The lowest BCUT2D eigenvalue weighted by Crippen LogP contribution is -2.07. The van der Waals surface area contributed by atoms with Crippen LogP contribution in [0.15, 0.2) is 53.9 Å². The predicted molar refractivity (Wildman–Crippen MR) is 107 cm³/mol. The van der Waals surface area contributed by atoms with Crippen molar-refractivity contribution in [2.24, 2.45) is 0 Å². The van der Waals surface area contributed by atoms with Crippen molar-refractivity contribution in [3.05, 3.63) is 74.6 Å². The highest BCUT2D eigenvalue weighted by atomic mass is 35.5. The molecule has 1 aromatic heterocycles. The number of aromatic nitrogens is 1. The summed E-state index contributed by atoms with van der Waals surface area (Å²) in [4.78, 5) is 16.4. The fraction of sp³-hybridized carbons (Fsp3) is 0. The zero-order chi connectivity index (χ0) is 17.8. The second-order valence-corrected chi connectivity index (χ2v) is 7.12. The number of nitrogens with zero attached hydrogens (tertiary/aromatic N) is 1. The van der Waals surface area contributed by atoms with Crippen molar-refractivity contribution in [2.45, 2.75) is 0 Å². The smallest absolute Gasteiger partial charge is 0.250 e. The van der Waals surface area contributed by atoms with Crippen LogP contribution in [0.3, 0.4) is 0 Å². The summed E-state index contributed by atoms with van der Waals surface area (Å²) in [6.07, 6.45) is 3.06. The Labute approximate surface area is 163 Å². The second kappa shape index (κ2) is 8.02. The molecule has 0 aliphatic heterocycles. The average molecular weight is 410 g/mol. The first-order valence-corrected chi connectivity index (χ1v) is 9.19. The van der Waals surface area contributed by atoms with Crippen molar-refractivity contribution in [1.29, 1.82) is 0 Å². The number of benzene rings is 2. The molecule has 3 aromatic rings. The van der Waals surface area contributed by atoms with Crippen LogP contribution in [0.25, 0.3) is 17.3 Å². The third-order valence-electron chi connectivity index (χ3n) is 3.26. The molecule has 2 aromatic carbocycles. The van der Waals surface area contributed by atoms with Gasteiger partial charge in [0.25, 0.3) is 0 Å². The van der Waals surface area contributed by atoms with Gasteiger partial charge in [0.15, 0.2) is 5.13 Å². The molecule has 0 spiro atoms. The van der Waals surface area contributed by atoms with Crippen molar-refractivity contribution in [2.75, 3.05) is 5.32 Å². The van der Waals surface area contributed by atoms with Crippen LogP contribution in [0.4, 0.5) is 5.13 Å². The van der Waals surface area contributed by atoms with Crippen molar-refractivity contribution in [3.63, 3.8) is 0 Å². The van der Waals surface area contributed by atoms with Gasteiger partial charge in [-0.25, -0.2) is 4.98 Å². The van der Waals surface area contributed by atoms with Crippen LogP contribution in [-0.2, 0) is 4.79 Å². The van der Waals surface area contributed by atoms with Crippen LogP contribution in [0.5, 0.6) is 0 Å². The Morgan fingerprint density at radius 2 is 1.88 bits per heavy atom. The molecular formula is C18H11Cl3N2OS. The Balaban J connectivity index is 1.72. The van der Waals surface area contributed by atoms with E-state index in [0.717, 1.165) is 11.1 Å². The number of carbonyl (C=O) groups is 1. The van der Waals surface area contributed by atoms with Gasteiger partial charge in [0, 0.05) is 27.1 Å². The van der Waals surface area contributed by atoms with Gasteiger partial charge in [-0.1, -0.05) is 53.0 Å². The number of carbonyl (C=O) groups excluding carboxylic acids is 1. The highest BCUT2D eigenvalue weighted by molar-refractivity contribution is 7.14. The van der Waals surface area contributed by atoms with Gasteiger partial charge in [0.1, 0.15) is 0 Å². The van der Waals surface area contributed by atoms with Crippen LogP contribution in [-0.4, -0.2) is 10.9 Å². The summed E-state index contributed by atoms with van der Waals surface area (Å²) in [5.41, 5.74) is 2.14. The van der Waals surface area contributed by atoms with E-state index in [-0.39, 0.29) is 5.91 Å². The molecule has 0 bridgehead atoms. The number of halogens is 3. The maximum absolute atomic E-state index is 12.0. The number of anilines is 1. The fourth-order valence-electron chi connectivity index (χ4n) is 2.07. The van der Waals surface area contributed by atoms with Crippen LogP contribution in [0.1, 0.15) is 5.56 Å². The third-order valence-corrected chi connectivity index (χ3v) is 4.92. The van der Waals surface area contributed by atoms with E-state index in [1.165, 1.54) is 17.4 Å². The van der Waals surface area contributed by atoms with Crippen LogP contribution in [0, 0.1) is 0 Å². The van der Waals surface area contributed by atoms with Gasteiger partial charge in [-0.05, 0) is 35.9 Å².